The number of hydrogen-bond acceptors (Lipinski definition) is 2. The standard InChI is InChI=1S/C15H19NO/c1-12-6-5-9-14(16-12)10-11-15(17)13-7-3-2-4-8-13/h2-4,6-9,15-17H,5,10-11H2,1H3. The van der Waals surface area contributed by atoms with Crippen LogP contribution in [-0.2, 0) is 0 Å². The zero-order valence-electron chi connectivity index (χ0n) is 10.2. The van der Waals surface area contributed by atoms with Crippen molar-refractivity contribution in [3.63, 3.8) is 0 Å². The van der Waals surface area contributed by atoms with Gasteiger partial charge in [0.05, 0.1) is 6.10 Å². The van der Waals surface area contributed by atoms with Crippen LogP contribution < -0.4 is 5.32 Å². The fraction of sp³-hybridized carbons (Fsp3) is 0.333. The first kappa shape index (κ1) is 11.9. The molecule has 0 aliphatic carbocycles. The first-order chi connectivity index (χ1) is 8.25. The summed E-state index contributed by atoms with van der Waals surface area (Å²) in [5.41, 5.74) is 3.42. The average Bonchev–Trinajstić information content (AvgIpc) is 2.37. The molecule has 1 unspecified atom stereocenters. The van der Waals surface area contributed by atoms with Gasteiger partial charge in [0.1, 0.15) is 0 Å². The van der Waals surface area contributed by atoms with Crippen molar-refractivity contribution in [1.82, 2.24) is 5.32 Å². The van der Waals surface area contributed by atoms with E-state index >= 15 is 0 Å². The Morgan fingerprint density at radius 3 is 2.71 bits per heavy atom. The maximum atomic E-state index is 10.0. The third-order valence-electron chi connectivity index (χ3n) is 3.02. The van der Waals surface area contributed by atoms with E-state index in [0.29, 0.717) is 0 Å². The van der Waals surface area contributed by atoms with Crippen molar-refractivity contribution in [1.29, 1.82) is 0 Å². The molecule has 0 radical (unpaired) electrons. The van der Waals surface area contributed by atoms with Crippen LogP contribution in [0.4, 0.5) is 0 Å². The lowest BCUT2D eigenvalue weighted by atomic mass is 10.0. The zero-order valence-corrected chi connectivity index (χ0v) is 10.2. The second-order valence-electron chi connectivity index (χ2n) is 4.44. The molecule has 0 saturated carbocycles. The summed E-state index contributed by atoms with van der Waals surface area (Å²) in [6, 6.07) is 9.83. The van der Waals surface area contributed by atoms with E-state index in [0.717, 1.165) is 24.8 Å². The monoisotopic (exact) mass is 229 g/mol. The molecule has 0 aromatic heterocycles. The van der Waals surface area contributed by atoms with Crippen LogP contribution in [0.3, 0.4) is 0 Å². The fourth-order valence-corrected chi connectivity index (χ4v) is 2.03. The Labute approximate surface area is 103 Å². The summed E-state index contributed by atoms with van der Waals surface area (Å²) in [6.45, 7) is 2.07. The first-order valence-corrected chi connectivity index (χ1v) is 6.11. The van der Waals surface area contributed by atoms with E-state index in [4.69, 9.17) is 0 Å². The molecular weight excluding hydrogens is 210 g/mol. The predicted octanol–water partition coefficient (Wildman–Crippen LogP) is 3.28. The highest BCUT2D eigenvalue weighted by Gasteiger charge is 2.09. The Morgan fingerprint density at radius 1 is 1.24 bits per heavy atom. The lowest BCUT2D eigenvalue weighted by molar-refractivity contribution is 0.167. The number of aliphatic hydroxyl groups is 1. The number of dihydropyridines is 1. The van der Waals surface area contributed by atoms with Crippen LogP contribution in [0.5, 0.6) is 0 Å². The first-order valence-electron chi connectivity index (χ1n) is 6.11. The van der Waals surface area contributed by atoms with E-state index in [1.165, 1.54) is 11.4 Å². The van der Waals surface area contributed by atoms with Crippen molar-refractivity contribution < 1.29 is 5.11 Å². The van der Waals surface area contributed by atoms with Gasteiger partial charge < -0.3 is 10.4 Å². The molecule has 1 atom stereocenters. The SMILES string of the molecule is CC1=CCC=C(CCC(O)c2ccccc2)N1. The van der Waals surface area contributed by atoms with Crippen LogP contribution in [0.2, 0.25) is 0 Å². The molecule has 1 heterocycles. The van der Waals surface area contributed by atoms with Crippen molar-refractivity contribution >= 4 is 0 Å². The lowest BCUT2D eigenvalue weighted by Gasteiger charge is -2.17. The largest absolute Gasteiger partial charge is 0.388 e. The number of hydrogen-bond donors (Lipinski definition) is 2. The van der Waals surface area contributed by atoms with Crippen LogP contribution in [0, 0.1) is 0 Å². The molecule has 90 valence electrons. The number of aliphatic hydroxyl groups excluding tert-OH is 1. The Morgan fingerprint density at radius 2 is 2.00 bits per heavy atom. The molecule has 17 heavy (non-hydrogen) atoms. The molecule has 1 aromatic rings. The highest BCUT2D eigenvalue weighted by atomic mass is 16.3. The van der Waals surface area contributed by atoms with E-state index in [-0.39, 0.29) is 6.10 Å². The van der Waals surface area contributed by atoms with Gasteiger partial charge in [0.2, 0.25) is 0 Å². The van der Waals surface area contributed by atoms with Gasteiger partial charge in [-0.1, -0.05) is 42.5 Å². The Balaban J connectivity index is 1.85. The van der Waals surface area contributed by atoms with Gasteiger partial charge in [-0.25, -0.2) is 0 Å². The van der Waals surface area contributed by atoms with E-state index in [1.807, 2.05) is 30.3 Å². The molecule has 2 rings (SSSR count). The molecule has 1 aliphatic heterocycles. The number of nitrogens with one attached hydrogen (secondary N) is 1. The van der Waals surface area contributed by atoms with Gasteiger partial charge in [-0.2, -0.15) is 0 Å². The smallest absolute Gasteiger partial charge is 0.0793 e. The van der Waals surface area contributed by atoms with Crippen LogP contribution in [0.15, 0.2) is 53.9 Å². The minimum atomic E-state index is -0.370. The topological polar surface area (TPSA) is 32.3 Å². The summed E-state index contributed by atoms with van der Waals surface area (Å²) < 4.78 is 0. The molecule has 1 aliphatic rings. The normalized spacial score (nSPS) is 16.8. The van der Waals surface area contributed by atoms with Crippen LogP contribution in [0.1, 0.15) is 37.9 Å². The van der Waals surface area contributed by atoms with Crippen LogP contribution >= 0.6 is 0 Å². The molecule has 0 spiro atoms. The molecule has 0 amide bonds. The fourth-order valence-electron chi connectivity index (χ4n) is 2.03. The van der Waals surface area contributed by atoms with Gasteiger partial charge in [-0.15, -0.1) is 0 Å². The molecule has 0 saturated heterocycles. The van der Waals surface area contributed by atoms with Crippen molar-refractivity contribution in [2.45, 2.75) is 32.3 Å². The number of allylic oxidation sites excluding steroid dienone is 4. The number of benzene rings is 1. The summed E-state index contributed by atoms with van der Waals surface area (Å²) in [7, 11) is 0. The molecule has 1 aromatic carbocycles. The van der Waals surface area contributed by atoms with Gasteiger partial charge in [0.25, 0.3) is 0 Å². The Hall–Kier alpha value is -1.54. The Bertz CT molecular complexity index is 420. The molecule has 2 nitrogen and oxygen atoms in total. The Kier molecular flexibility index (Phi) is 3.99. The zero-order chi connectivity index (χ0) is 12.1. The predicted molar refractivity (Wildman–Crippen MR) is 70.2 cm³/mol. The summed E-state index contributed by atoms with van der Waals surface area (Å²) in [6.07, 6.45) is 6.62. The second-order valence-corrected chi connectivity index (χ2v) is 4.44. The minimum absolute atomic E-state index is 0.370. The maximum Gasteiger partial charge on any atom is 0.0793 e. The summed E-state index contributed by atoms with van der Waals surface area (Å²) in [5, 5.41) is 13.4. The van der Waals surface area contributed by atoms with E-state index in [1.54, 1.807) is 0 Å². The third-order valence-corrected chi connectivity index (χ3v) is 3.02. The highest BCUT2D eigenvalue weighted by Crippen LogP contribution is 2.21. The highest BCUT2D eigenvalue weighted by molar-refractivity contribution is 5.19. The van der Waals surface area contributed by atoms with Gasteiger partial charge in [0, 0.05) is 11.4 Å². The summed E-state index contributed by atoms with van der Waals surface area (Å²) in [5.74, 6) is 0. The maximum absolute atomic E-state index is 10.0. The molecular formula is C15H19NO. The van der Waals surface area contributed by atoms with Crippen molar-refractivity contribution in [3.8, 4) is 0 Å². The lowest BCUT2D eigenvalue weighted by Crippen LogP contribution is -2.14. The minimum Gasteiger partial charge on any atom is -0.388 e. The van der Waals surface area contributed by atoms with Gasteiger partial charge in [0.15, 0.2) is 0 Å². The van der Waals surface area contributed by atoms with E-state index < -0.39 is 0 Å². The van der Waals surface area contributed by atoms with Gasteiger partial charge in [-0.05, 0) is 31.7 Å². The van der Waals surface area contributed by atoms with Crippen LogP contribution in [0.25, 0.3) is 0 Å². The molecule has 2 heteroatoms. The van der Waals surface area contributed by atoms with Gasteiger partial charge in [-0.3, -0.25) is 0 Å². The third kappa shape index (κ3) is 3.46. The van der Waals surface area contributed by atoms with Crippen molar-refractivity contribution in [3.05, 3.63) is 59.4 Å². The van der Waals surface area contributed by atoms with Crippen molar-refractivity contribution in [2.24, 2.45) is 0 Å². The van der Waals surface area contributed by atoms with E-state index in [9.17, 15) is 5.11 Å². The molecule has 0 bridgehead atoms. The van der Waals surface area contributed by atoms with Crippen molar-refractivity contribution in [2.75, 3.05) is 0 Å². The number of rotatable bonds is 4. The summed E-state index contributed by atoms with van der Waals surface area (Å²) in [4.78, 5) is 0. The summed E-state index contributed by atoms with van der Waals surface area (Å²) >= 11 is 0. The van der Waals surface area contributed by atoms with E-state index in [2.05, 4.69) is 24.4 Å². The van der Waals surface area contributed by atoms with Crippen LogP contribution in [-0.4, -0.2) is 5.11 Å². The average molecular weight is 229 g/mol. The quantitative estimate of drug-likeness (QED) is 0.830. The molecule has 0 fully saturated rings. The molecule has 2 N–H and O–H groups in total. The second kappa shape index (κ2) is 5.69. The van der Waals surface area contributed by atoms with Gasteiger partial charge >= 0.3 is 0 Å².